The van der Waals surface area contributed by atoms with Crippen LogP contribution in [0.25, 0.3) is 0 Å². The Kier molecular flexibility index (Phi) is 9.02. The van der Waals surface area contributed by atoms with Crippen molar-refractivity contribution in [1.29, 1.82) is 0 Å². The minimum atomic E-state index is -1.23. The van der Waals surface area contributed by atoms with Crippen LogP contribution in [0.1, 0.15) is 35.3 Å². The second kappa shape index (κ2) is 12.0. The largest absolute Gasteiger partial charge is 0.481 e. The van der Waals surface area contributed by atoms with E-state index in [0.29, 0.717) is 21.5 Å². The fraction of sp³-hybridized carbons (Fsp3) is 0.222. The molecule has 0 saturated carbocycles. The summed E-state index contributed by atoms with van der Waals surface area (Å²) in [7, 11) is 0. The number of hydrogen-bond donors (Lipinski definition) is 3. The Bertz CT molecular complexity index is 1250. The molecule has 194 valence electrons. The zero-order chi connectivity index (χ0) is 27.3. The first-order valence-corrected chi connectivity index (χ1v) is 12.0. The number of halogens is 2. The first-order chi connectivity index (χ1) is 17.4. The third-order valence-corrected chi connectivity index (χ3v) is 5.81. The second-order valence-electron chi connectivity index (χ2n) is 8.42. The Hall–Kier alpha value is -3.75. The number of anilines is 2. The fourth-order valence-electron chi connectivity index (χ4n) is 3.36. The van der Waals surface area contributed by atoms with Crippen LogP contribution in [-0.2, 0) is 9.59 Å². The van der Waals surface area contributed by atoms with Crippen molar-refractivity contribution in [2.24, 2.45) is 0 Å². The Morgan fingerprint density at radius 1 is 0.730 bits per heavy atom. The Labute approximate surface area is 224 Å². The van der Waals surface area contributed by atoms with Gasteiger partial charge in [-0.2, -0.15) is 0 Å². The van der Waals surface area contributed by atoms with Gasteiger partial charge in [0.25, 0.3) is 11.8 Å². The van der Waals surface area contributed by atoms with Gasteiger partial charge in [-0.3, -0.25) is 9.59 Å². The molecule has 2 atom stereocenters. The monoisotopic (exact) mass is 544 g/mol. The standard InChI is InChI=1S/C27H26Cl2N2O6/c1-14-9-19(28)5-7-23(14)36-16(3)25(32)30-21-11-18(27(34)35)12-22(13-21)31-26(33)17(4)37-24-8-6-20(29)10-15(24)2/h5-13,16-17H,1-4H3,(H,30,32)(H,31,33)(H,34,35). The number of carbonyl (C=O) groups is 3. The molecule has 8 nitrogen and oxygen atoms in total. The van der Waals surface area contributed by atoms with Gasteiger partial charge < -0.3 is 25.2 Å². The average Bonchev–Trinajstić information content (AvgIpc) is 2.82. The predicted octanol–water partition coefficient (Wildman–Crippen LogP) is 6.12. The van der Waals surface area contributed by atoms with Gasteiger partial charge in [0, 0.05) is 21.4 Å². The van der Waals surface area contributed by atoms with E-state index in [9.17, 15) is 19.5 Å². The van der Waals surface area contributed by atoms with E-state index in [2.05, 4.69) is 10.6 Å². The van der Waals surface area contributed by atoms with Crippen molar-refractivity contribution < 1.29 is 29.0 Å². The summed E-state index contributed by atoms with van der Waals surface area (Å²) in [5, 5.41) is 15.9. The highest BCUT2D eigenvalue weighted by atomic mass is 35.5. The van der Waals surface area contributed by atoms with Crippen LogP contribution in [0.5, 0.6) is 11.5 Å². The quantitative estimate of drug-likeness (QED) is 0.299. The first kappa shape index (κ1) is 27.8. The smallest absolute Gasteiger partial charge is 0.335 e. The van der Waals surface area contributed by atoms with Crippen LogP contribution in [0, 0.1) is 13.8 Å². The first-order valence-electron chi connectivity index (χ1n) is 11.3. The van der Waals surface area contributed by atoms with Crippen LogP contribution in [-0.4, -0.2) is 35.1 Å². The topological polar surface area (TPSA) is 114 Å². The molecule has 0 aliphatic rings. The number of aryl methyl sites for hydroxylation is 2. The zero-order valence-electron chi connectivity index (χ0n) is 20.6. The van der Waals surface area contributed by atoms with Crippen LogP contribution in [0.15, 0.2) is 54.6 Å². The van der Waals surface area contributed by atoms with Crippen molar-refractivity contribution in [2.75, 3.05) is 10.6 Å². The van der Waals surface area contributed by atoms with E-state index < -0.39 is 30.0 Å². The molecule has 0 radical (unpaired) electrons. The fourth-order valence-corrected chi connectivity index (χ4v) is 3.81. The predicted molar refractivity (Wildman–Crippen MR) is 143 cm³/mol. The second-order valence-corrected chi connectivity index (χ2v) is 9.30. The number of nitrogens with one attached hydrogen (secondary N) is 2. The normalized spacial score (nSPS) is 12.3. The van der Waals surface area contributed by atoms with Crippen molar-refractivity contribution in [1.82, 2.24) is 0 Å². The summed E-state index contributed by atoms with van der Waals surface area (Å²) < 4.78 is 11.5. The minimum Gasteiger partial charge on any atom is -0.481 e. The molecule has 3 aromatic rings. The summed E-state index contributed by atoms with van der Waals surface area (Å²) >= 11 is 11.9. The van der Waals surface area contributed by atoms with Gasteiger partial charge in [0.2, 0.25) is 0 Å². The lowest BCUT2D eigenvalue weighted by molar-refractivity contribution is -0.122. The third kappa shape index (κ3) is 7.62. The maximum atomic E-state index is 12.8. The third-order valence-electron chi connectivity index (χ3n) is 5.33. The summed E-state index contributed by atoms with van der Waals surface area (Å²) in [5.74, 6) is -1.27. The van der Waals surface area contributed by atoms with Crippen molar-refractivity contribution >= 4 is 52.4 Å². The van der Waals surface area contributed by atoms with Gasteiger partial charge in [-0.25, -0.2) is 4.79 Å². The van der Waals surface area contributed by atoms with Gasteiger partial charge >= 0.3 is 5.97 Å². The minimum absolute atomic E-state index is 0.127. The molecule has 0 bridgehead atoms. The van der Waals surface area contributed by atoms with Gasteiger partial charge in [0.1, 0.15) is 11.5 Å². The molecular formula is C27H26Cl2N2O6. The van der Waals surface area contributed by atoms with Gasteiger partial charge in [0.15, 0.2) is 12.2 Å². The summed E-state index contributed by atoms with van der Waals surface area (Å²) in [6, 6.07) is 14.1. The molecule has 0 aromatic heterocycles. The van der Waals surface area contributed by atoms with Crippen molar-refractivity contribution in [3.63, 3.8) is 0 Å². The van der Waals surface area contributed by atoms with E-state index in [-0.39, 0.29) is 16.9 Å². The van der Waals surface area contributed by atoms with Gasteiger partial charge in [-0.1, -0.05) is 23.2 Å². The molecule has 0 aliphatic heterocycles. The summed E-state index contributed by atoms with van der Waals surface area (Å²) in [4.78, 5) is 37.2. The number of carbonyl (C=O) groups excluding carboxylic acids is 2. The lowest BCUT2D eigenvalue weighted by Crippen LogP contribution is -2.31. The molecule has 0 spiro atoms. The molecule has 3 rings (SSSR count). The van der Waals surface area contributed by atoms with Gasteiger partial charge in [-0.15, -0.1) is 0 Å². The summed E-state index contributed by atoms with van der Waals surface area (Å²) in [5.41, 5.74) is 1.74. The molecule has 10 heteroatoms. The number of amides is 2. The van der Waals surface area contributed by atoms with E-state index in [1.165, 1.54) is 18.2 Å². The molecule has 2 unspecified atom stereocenters. The summed E-state index contributed by atoms with van der Waals surface area (Å²) in [6.45, 7) is 6.72. The number of carboxylic acids is 1. The number of rotatable bonds is 9. The van der Waals surface area contributed by atoms with Crippen molar-refractivity contribution in [3.8, 4) is 11.5 Å². The molecule has 3 aromatic carbocycles. The number of ether oxygens (including phenoxy) is 2. The Morgan fingerprint density at radius 3 is 1.49 bits per heavy atom. The number of hydrogen-bond acceptors (Lipinski definition) is 5. The van der Waals surface area contributed by atoms with Gasteiger partial charge in [0.05, 0.1) is 5.56 Å². The van der Waals surface area contributed by atoms with Crippen LogP contribution >= 0.6 is 23.2 Å². The van der Waals surface area contributed by atoms with Crippen LogP contribution in [0.2, 0.25) is 10.0 Å². The Balaban J connectivity index is 1.72. The SMILES string of the molecule is Cc1cc(Cl)ccc1OC(C)C(=O)Nc1cc(NC(=O)C(C)Oc2ccc(Cl)cc2C)cc(C(=O)O)c1. The molecule has 0 saturated heterocycles. The average molecular weight is 545 g/mol. The highest BCUT2D eigenvalue weighted by molar-refractivity contribution is 6.31. The van der Waals surface area contributed by atoms with E-state index in [4.69, 9.17) is 32.7 Å². The molecule has 0 fully saturated rings. The van der Waals surface area contributed by atoms with Crippen LogP contribution < -0.4 is 20.1 Å². The van der Waals surface area contributed by atoms with E-state index in [1.54, 1.807) is 64.1 Å². The van der Waals surface area contributed by atoms with Crippen molar-refractivity contribution in [3.05, 3.63) is 81.3 Å². The van der Waals surface area contributed by atoms with Gasteiger partial charge in [-0.05, 0) is 93.4 Å². The molecule has 0 aliphatic carbocycles. The van der Waals surface area contributed by atoms with Crippen molar-refractivity contribution in [2.45, 2.75) is 39.9 Å². The molecule has 3 N–H and O–H groups in total. The van der Waals surface area contributed by atoms with E-state index >= 15 is 0 Å². The number of aromatic carboxylic acids is 1. The lowest BCUT2D eigenvalue weighted by Gasteiger charge is -2.18. The Morgan fingerprint density at radius 2 is 1.14 bits per heavy atom. The number of benzene rings is 3. The maximum absolute atomic E-state index is 12.8. The van der Waals surface area contributed by atoms with Crippen LogP contribution in [0.4, 0.5) is 11.4 Å². The van der Waals surface area contributed by atoms with Crippen LogP contribution in [0.3, 0.4) is 0 Å². The zero-order valence-corrected chi connectivity index (χ0v) is 22.1. The maximum Gasteiger partial charge on any atom is 0.335 e. The molecule has 2 amide bonds. The highest BCUT2D eigenvalue weighted by Crippen LogP contribution is 2.25. The number of carboxylic acid groups (broad SMARTS) is 1. The highest BCUT2D eigenvalue weighted by Gasteiger charge is 2.20. The van der Waals surface area contributed by atoms with E-state index in [0.717, 1.165) is 11.1 Å². The molecule has 37 heavy (non-hydrogen) atoms. The van der Waals surface area contributed by atoms with E-state index in [1.807, 2.05) is 0 Å². The molecule has 0 heterocycles. The lowest BCUT2D eigenvalue weighted by atomic mass is 10.1. The molecular weight excluding hydrogens is 519 g/mol. The summed E-state index contributed by atoms with van der Waals surface area (Å²) in [6.07, 6.45) is -1.80.